The van der Waals surface area contributed by atoms with E-state index in [2.05, 4.69) is 44.5 Å². The Hall–Kier alpha value is -2.77. The molecule has 1 aromatic heterocycles. The van der Waals surface area contributed by atoms with Crippen molar-refractivity contribution in [2.75, 3.05) is 25.0 Å². The zero-order valence-electron chi connectivity index (χ0n) is 15.2. The minimum Gasteiger partial charge on any atom is -0.365 e. The molecule has 7 nitrogen and oxygen atoms in total. The summed E-state index contributed by atoms with van der Waals surface area (Å²) in [6, 6.07) is 10.9. The molecule has 3 rings (SSSR count). The van der Waals surface area contributed by atoms with Gasteiger partial charge < -0.3 is 10.2 Å². The molecule has 27 heavy (non-hydrogen) atoms. The van der Waals surface area contributed by atoms with Gasteiger partial charge in [-0.2, -0.15) is 0 Å². The molecule has 1 fully saturated rings. The standard InChI is InChI=1S/C20H25N5O2/c26-20(24-27)9-8-17-13-22-19(14-21-17)23-18-7-4-11-25(15-18)12-10-16-5-2-1-3-6-16/h1-3,5-6,8-9,13-14,18,27H,4,7,10-12,15H2,(H,22,23)(H,24,26)/b9-8+. The Morgan fingerprint density at radius 3 is 2.85 bits per heavy atom. The molecule has 1 aliphatic heterocycles. The number of carbonyl (C=O) groups is 1. The van der Waals surface area contributed by atoms with E-state index in [-0.39, 0.29) is 0 Å². The van der Waals surface area contributed by atoms with Gasteiger partial charge in [0.1, 0.15) is 5.82 Å². The number of anilines is 1. The third kappa shape index (κ3) is 6.16. The van der Waals surface area contributed by atoms with Gasteiger partial charge in [-0.3, -0.25) is 15.0 Å². The molecule has 0 radical (unpaired) electrons. The molecule has 0 spiro atoms. The van der Waals surface area contributed by atoms with Crippen LogP contribution in [0.2, 0.25) is 0 Å². The van der Waals surface area contributed by atoms with Crippen molar-refractivity contribution < 1.29 is 10.0 Å². The molecule has 0 aliphatic carbocycles. The van der Waals surface area contributed by atoms with Gasteiger partial charge in [0.25, 0.3) is 5.91 Å². The molecule has 1 aliphatic rings. The quantitative estimate of drug-likeness (QED) is 0.395. The molecule has 1 atom stereocenters. The third-order valence-electron chi connectivity index (χ3n) is 4.60. The van der Waals surface area contributed by atoms with Gasteiger partial charge in [-0.25, -0.2) is 10.5 Å². The molecule has 142 valence electrons. The normalized spacial score (nSPS) is 17.7. The summed E-state index contributed by atoms with van der Waals surface area (Å²) in [7, 11) is 0. The molecule has 2 heterocycles. The van der Waals surface area contributed by atoms with E-state index in [9.17, 15) is 4.79 Å². The zero-order chi connectivity index (χ0) is 18.9. The lowest BCUT2D eigenvalue weighted by Crippen LogP contribution is -2.43. The third-order valence-corrected chi connectivity index (χ3v) is 4.60. The lowest BCUT2D eigenvalue weighted by molar-refractivity contribution is -0.124. The van der Waals surface area contributed by atoms with E-state index in [4.69, 9.17) is 5.21 Å². The first-order valence-electron chi connectivity index (χ1n) is 9.20. The van der Waals surface area contributed by atoms with Crippen LogP contribution >= 0.6 is 0 Å². The second kappa shape index (κ2) is 9.80. The van der Waals surface area contributed by atoms with Gasteiger partial charge in [-0.15, -0.1) is 0 Å². The van der Waals surface area contributed by atoms with Gasteiger partial charge in [0.15, 0.2) is 0 Å². The lowest BCUT2D eigenvalue weighted by atomic mass is 10.0. The predicted molar refractivity (Wildman–Crippen MR) is 104 cm³/mol. The van der Waals surface area contributed by atoms with E-state index in [1.807, 2.05) is 6.07 Å². The maximum atomic E-state index is 11.0. The van der Waals surface area contributed by atoms with Gasteiger partial charge >= 0.3 is 0 Å². The lowest BCUT2D eigenvalue weighted by Gasteiger charge is -2.33. The zero-order valence-corrected chi connectivity index (χ0v) is 15.2. The number of hydrogen-bond acceptors (Lipinski definition) is 6. The van der Waals surface area contributed by atoms with Crippen LogP contribution < -0.4 is 10.8 Å². The van der Waals surface area contributed by atoms with Crippen LogP contribution in [0.5, 0.6) is 0 Å². The van der Waals surface area contributed by atoms with Gasteiger partial charge in [0.05, 0.1) is 18.1 Å². The van der Waals surface area contributed by atoms with Gasteiger partial charge in [0, 0.05) is 25.2 Å². The summed E-state index contributed by atoms with van der Waals surface area (Å²) in [6.45, 7) is 3.19. The summed E-state index contributed by atoms with van der Waals surface area (Å²) >= 11 is 0. The van der Waals surface area contributed by atoms with Crippen LogP contribution in [0.15, 0.2) is 48.8 Å². The van der Waals surface area contributed by atoms with Crippen LogP contribution in [0.3, 0.4) is 0 Å². The van der Waals surface area contributed by atoms with Crippen LogP contribution in [-0.4, -0.2) is 51.7 Å². The Labute approximate surface area is 159 Å². The van der Waals surface area contributed by atoms with Gasteiger partial charge in [-0.05, 0) is 37.4 Å². The van der Waals surface area contributed by atoms with E-state index in [1.54, 1.807) is 12.4 Å². The van der Waals surface area contributed by atoms with E-state index < -0.39 is 5.91 Å². The van der Waals surface area contributed by atoms with Crippen molar-refractivity contribution in [3.8, 4) is 0 Å². The minimum absolute atomic E-state index is 0.352. The molecule has 0 saturated carbocycles. The maximum Gasteiger partial charge on any atom is 0.267 e. The highest BCUT2D eigenvalue weighted by Gasteiger charge is 2.19. The van der Waals surface area contributed by atoms with Crippen LogP contribution in [0, 0.1) is 0 Å². The van der Waals surface area contributed by atoms with Crippen molar-refractivity contribution in [2.24, 2.45) is 0 Å². The first kappa shape index (κ1) is 19.0. The number of nitrogens with one attached hydrogen (secondary N) is 2. The summed E-state index contributed by atoms with van der Waals surface area (Å²) in [4.78, 5) is 22.1. The molecule has 1 saturated heterocycles. The Morgan fingerprint density at radius 2 is 2.11 bits per heavy atom. The van der Waals surface area contributed by atoms with Crippen molar-refractivity contribution in [2.45, 2.75) is 25.3 Å². The molecule has 7 heteroatoms. The Balaban J connectivity index is 1.48. The smallest absolute Gasteiger partial charge is 0.267 e. The Kier molecular flexibility index (Phi) is 6.90. The number of amides is 1. The topological polar surface area (TPSA) is 90.4 Å². The molecule has 2 aromatic rings. The van der Waals surface area contributed by atoms with Crippen LogP contribution in [0.1, 0.15) is 24.1 Å². The maximum absolute atomic E-state index is 11.0. The predicted octanol–water partition coefficient (Wildman–Crippen LogP) is 2.11. The van der Waals surface area contributed by atoms with Crippen molar-refractivity contribution >= 4 is 17.8 Å². The Morgan fingerprint density at radius 1 is 1.26 bits per heavy atom. The summed E-state index contributed by atoms with van der Waals surface area (Å²) in [6.07, 6.45) is 9.30. The first-order chi connectivity index (χ1) is 13.2. The molecule has 1 unspecified atom stereocenters. The molecule has 3 N–H and O–H groups in total. The number of benzene rings is 1. The highest BCUT2D eigenvalue weighted by atomic mass is 16.5. The fourth-order valence-corrected chi connectivity index (χ4v) is 3.21. The number of piperidine rings is 1. The van der Waals surface area contributed by atoms with Crippen molar-refractivity contribution in [1.29, 1.82) is 0 Å². The monoisotopic (exact) mass is 367 g/mol. The van der Waals surface area contributed by atoms with Crippen LogP contribution in [0.25, 0.3) is 6.08 Å². The SMILES string of the molecule is O=C(/C=C/c1cnc(NC2CCCN(CCc3ccccc3)C2)cn1)NO. The van der Waals surface area contributed by atoms with Gasteiger partial charge in [-0.1, -0.05) is 30.3 Å². The average molecular weight is 367 g/mol. The summed E-state index contributed by atoms with van der Waals surface area (Å²) in [5.41, 5.74) is 3.46. The van der Waals surface area contributed by atoms with Crippen molar-refractivity contribution in [3.05, 3.63) is 60.1 Å². The highest BCUT2D eigenvalue weighted by molar-refractivity contribution is 5.90. The number of aromatic nitrogens is 2. The van der Waals surface area contributed by atoms with Crippen LogP contribution in [0.4, 0.5) is 5.82 Å². The largest absolute Gasteiger partial charge is 0.365 e. The fraction of sp³-hybridized carbons (Fsp3) is 0.350. The molecule has 1 aromatic carbocycles. The molecular weight excluding hydrogens is 342 g/mol. The Bertz CT molecular complexity index is 749. The first-order valence-corrected chi connectivity index (χ1v) is 9.20. The molecular formula is C20H25N5O2. The van der Waals surface area contributed by atoms with Crippen molar-refractivity contribution in [1.82, 2.24) is 20.3 Å². The number of hydrogen-bond donors (Lipinski definition) is 3. The number of rotatable bonds is 7. The van der Waals surface area contributed by atoms with E-state index >= 15 is 0 Å². The van der Waals surface area contributed by atoms with Gasteiger partial charge in [0.2, 0.25) is 0 Å². The number of nitrogens with zero attached hydrogens (tertiary/aromatic N) is 3. The second-order valence-corrected chi connectivity index (χ2v) is 6.66. The second-order valence-electron chi connectivity index (χ2n) is 6.66. The summed E-state index contributed by atoms with van der Waals surface area (Å²) in [5.74, 6) is 0.130. The molecule has 0 bridgehead atoms. The summed E-state index contributed by atoms with van der Waals surface area (Å²) in [5, 5.41) is 11.9. The van der Waals surface area contributed by atoms with E-state index in [0.717, 1.165) is 44.7 Å². The number of likely N-dealkylation sites (tertiary alicyclic amines) is 1. The summed E-state index contributed by atoms with van der Waals surface area (Å²) < 4.78 is 0. The molecule has 1 amide bonds. The highest BCUT2D eigenvalue weighted by Crippen LogP contribution is 2.15. The van der Waals surface area contributed by atoms with E-state index in [0.29, 0.717) is 11.7 Å². The van der Waals surface area contributed by atoms with Crippen LogP contribution in [-0.2, 0) is 11.2 Å². The van der Waals surface area contributed by atoms with E-state index in [1.165, 1.54) is 23.2 Å². The minimum atomic E-state index is -0.600. The average Bonchev–Trinajstić information content (AvgIpc) is 2.72. The van der Waals surface area contributed by atoms with Crippen molar-refractivity contribution in [3.63, 3.8) is 0 Å². The fourth-order valence-electron chi connectivity index (χ4n) is 3.21. The number of hydroxylamine groups is 1. The number of carbonyl (C=O) groups excluding carboxylic acids is 1.